The first-order chi connectivity index (χ1) is 12.6. The second-order valence-corrected chi connectivity index (χ2v) is 7.52. The summed E-state index contributed by atoms with van der Waals surface area (Å²) in [5, 5.41) is 4.82. The molecule has 1 aromatic heterocycles. The van der Waals surface area contributed by atoms with Crippen LogP contribution in [0.3, 0.4) is 0 Å². The Labute approximate surface area is 156 Å². The van der Waals surface area contributed by atoms with Gasteiger partial charge in [-0.05, 0) is 42.0 Å². The molecule has 1 aliphatic rings. The fourth-order valence-corrected chi connectivity index (χ4v) is 3.97. The minimum absolute atomic E-state index is 0.00513. The van der Waals surface area contributed by atoms with Crippen LogP contribution in [0, 0.1) is 5.82 Å². The van der Waals surface area contributed by atoms with Gasteiger partial charge < -0.3 is 10.1 Å². The van der Waals surface area contributed by atoms with Crippen molar-refractivity contribution in [1.82, 2.24) is 5.32 Å². The summed E-state index contributed by atoms with van der Waals surface area (Å²) in [5.41, 5.74) is 0.761. The van der Waals surface area contributed by atoms with Gasteiger partial charge in [-0.3, -0.25) is 9.59 Å². The number of ether oxygens (including phenoxy) is 1. The normalized spacial score (nSPS) is 16.2. The van der Waals surface area contributed by atoms with Crippen LogP contribution in [0.4, 0.5) is 4.39 Å². The summed E-state index contributed by atoms with van der Waals surface area (Å²) in [7, 11) is 0. The van der Waals surface area contributed by atoms with Crippen LogP contribution in [0.5, 0.6) is 0 Å². The summed E-state index contributed by atoms with van der Waals surface area (Å²) in [4.78, 5) is 24.9. The molecule has 1 fully saturated rings. The molecule has 2 heterocycles. The molecule has 1 saturated heterocycles. The number of rotatable bonds is 7. The monoisotopic (exact) mass is 375 g/mol. The largest absolute Gasteiger partial charge is 0.381 e. The standard InChI is InChI=1S/C20H22FNO3S/c21-16-5-3-15(4-6-16)20(9-11-25-12-10-20)14-22-19(24)8-7-17(23)18-2-1-13-26-18/h1-6,13H,7-12,14H2,(H,22,24). The third kappa shape index (κ3) is 4.56. The summed E-state index contributed by atoms with van der Waals surface area (Å²) < 4.78 is 18.7. The molecule has 0 aliphatic carbocycles. The predicted octanol–water partition coefficient (Wildman–Crippen LogP) is 3.71. The Morgan fingerprint density at radius 1 is 1.12 bits per heavy atom. The molecular formula is C20H22FNO3S. The number of hydrogen-bond acceptors (Lipinski definition) is 4. The third-order valence-electron chi connectivity index (χ3n) is 4.91. The molecule has 0 saturated carbocycles. The first kappa shape index (κ1) is 18.7. The molecular weight excluding hydrogens is 353 g/mol. The predicted molar refractivity (Wildman–Crippen MR) is 99.0 cm³/mol. The third-order valence-corrected chi connectivity index (χ3v) is 5.82. The highest BCUT2D eigenvalue weighted by atomic mass is 32.1. The van der Waals surface area contributed by atoms with E-state index in [1.54, 1.807) is 18.2 Å². The van der Waals surface area contributed by atoms with E-state index in [0.717, 1.165) is 18.4 Å². The molecule has 4 nitrogen and oxygen atoms in total. The van der Waals surface area contributed by atoms with Crippen LogP contribution >= 0.6 is 11.3 Å². The van der Waals surface area contributed by atoms with Gasteiger partial charge in [-0.15, -0.1) is 11.3 Å². The van der Waals surface area contributed by atoms with Gasteiger partial charge in [0.25, 0.3) is 0 Å². The molecule has 0 bridgehead atoms. The van der Waals surface area contributed by atoms with E-state index in [0.29, 0.717) is 24.6 Å². The summed E-state index contributed by atoms with van der Waals surface area (Å²) in [6.45, 7) is 1.70. The second-order valence-electron chi connectivity index (χ2n) is 6.58. The van der Waals surface area contributed by atoms with Crippen LogP contribution in [-0.2, 0) is 14.9 Å². The van der Waals surface area contributed by atoms with E-state index in [1.165, 1.54) is 23.5 Å². The fraction of sp³-hybridized carbons (Fsp3) is 0.400. The van der Waals surface area contributed by atoms with Crippen LogP contribution in [0.1, 0.15) is 40.9 Å². The molecule has 0 spiro atoms. The fourth-order valence-electron chi connectivity index (χ4n) is 3.28. The Kier molecular flexibility index (Phi) is 6.16. The smallest absolute Gasteiger partial charge is 0.220 e. The van der Waals surface area contributed by atoms with Crippen molar-refractivity contribution in [2.24, 2.45) is 0 Å². The Balaban J connectivity index is 1.58. The van der Waals surface area contributed by atoms with E-state index in [4.69, 9.17) is 4.74 Å². The molecule has 26 heavy (non-hydrogen) atoms. The number of carbonyl (C=O) groups is 2. The lowest BCUT2D eigenvalue weighted by Gasteiger charge is -2.38. The molecule has 0 unspecified atom stereocenters. The van der Waals surface area contributed by atoms with Crippen LogP contribution < -0.4 is 5.32 Å². The van der Waals surface area contributed by atoms with Gasteiger partial charge in [-0.1, -0.05) is 18.2 Å². The first-order valence-corrected chi connectivity index (χ1v) is 9.64. The Morgan fingerprint density at radius 3 is 2.50 bits per heavy atom. The van der Waals surface area contributed by atoms with E-state index >= 15 is 0 Å². The average Bonchev–Trinajstić information content (AvgIpc) is 3.20. The minimum Gasteiger partial charge on any atom is -0.381 e. The molecule has 1 amide bonds. The molecule has 1 aliphatic heterocycles. The lowest BCUT2D eigenvalue weighted by Crippen LogP contribution is -2.44. The van der Waals surface area contributed by atoms with Crippen LogP contribution in [0.2, 0.25) is 0 Å². The highest BCUT2D eigenvalue weighted by molar-refractivity contribution is 7.12. The molecule has 0 radical (unpaired) electrons. The highest BCUT2D eigenvalue weighted by Crippen LogP contribution is 2.34. The number of Topliss-reactive ketones (excluding diaryl/α,β-unsaturated/α-hetero) is 1. The summed E-state index contributed by atoms with van der Waals surface area (Å²) >= 11 is 1.39. The maximum atomic E-state index is 13.3. The first-order valence-electron chi connectivity index (χ1n) is 8.76. The van der Waals surface area contributed by atoms with Crippen molar-refractivity contribution >= 4 is 23.0 Å². The molecule has 1 N–H and O–H groups in total. The lowest BCUT2D eigenvalue weighted by atomic mass is 9.74. The van der Waals surface area contributed by atoms with E-state index in [2.05, 4.69) is 5.32 Å². The van der Waals surface area contributed by atoms with Gasteiger partial charge in [0.1, 0.15) is 5.82 Å². The number of carbonyl (C=O) groups excluding carboxylic acids is 2. The molecule has 6 heteroatoms. The minimum atomic E-state index is -0.271. The van der Waals surface area contributed by atoms with Crippen molar-refractivity contribution in [3.05, 3.63) is 58.0 Å². The lowest BCUT2D eigenvalue weighted by molar-refractivity contribution is -0.121. The van der Waals surface area contributed by atoms with Crippen molar-refractivity contribution < 1.29 is 18.7 Å². The molecule has 2 aromatic rings. The average molecular weight is 375 g/mol. The van der Waals surface area contributed by atoms with Crippen LogP contribution in [0.15, 0.2) is 41.8 Å². The maximum Gasteiger partial charge on any atom is 0.220 e. The van der Waals surface area contributed by atoms with Crippen molar-refractivity contribution in [3.63, 3.8) is 0 Å². The Hall–Kier alpha value is -2.05. The number of benzene rings is 1. The van der Waals surface area contributed by atoms with Gasteiger partial charge >= 0.3 is 0 Å². The van der Waals surface area contributed by atoms with Gasteiger partial charge in [0.2, 0.25) is 5.91 Å². The van der Waals surface area contributed by atoms with Gasteiger partial charge in [-0.25, -0.2) is 4.39 Å². The summed E-state index contributed by atoms with van der Waals surface area (Å²) in [6, 6.07) is 10.1. The van der Waals surface area contributed by atoms with Crippen LogP contribution in [-0.4, -0.2) is 31.4 Å². The quantitative estimate of drug-likeness (QED) is 0.751. The number of hydrogen-bond donors (Lipinski definition) is 1. The Morgan fingerprint density at radius 2 is 1.85 bits per heavy atom. The molecule has 138 valence electrons. The van der Waals surface area contributed by atoms with E-state index in [9.17, 15) is 14.0 Å². The number of nitrogens with one attached hydrogen (secondary N) is 1. The number of ketones is 1. The summed E-state index contributed by atoms with van der Waals surface area (Å²) in [6.07, 6.45) is 1.92. The van der Waals surface area contributed by atoms with E-state index in [-0.39, 0.29) is 35.8 Å². The van der Waals surface area contributed by atoms with Crippen molar-refractivity contribution in [2.45, 2.75) is 31.1 Å². The van der Waals surface area contributed by atoms with Gasteiger partial charge in [0.15, 0.2) is 5.78 Å². The topological polar surface area (TPSA) is 55.4 Å². The van der Waals surface area contributed by atoms with Gasteiger partial charge in [0, 0.05) is 38.0 Å². The number of amides is 1. The zero-order valence-corrected chi connectivity index (χ0v) is 15.3. The highest BCUT2D eigenvalue weighted by Gasteiger charge is 2.34. The zero-order chi connectivity index (χ0) is 18.4. The molecule has 1 aromatic carbocycles. The van der Waals surface area contributed by atoms with Crippen molar-refractivity contribution in [3.8, 4) is 0 Å². The second kappa shape index (κ2) is 8.56. The SMILES string of the molecule is O=C(CCC(=O)c1cccs1)NCC1(c2ccc(F)cc2)CCOCC1. The van der Waals surface area contributed by atoms with E-state index < -0.39 is 0 Å². The van der Waals surface area contributed by atoms with Crippen LogP contribution in [0.25, 0.3) is 0 Å². The Bertz CT molecular complexity index is 737. The maximum absolute atomic E-state index is 13.3. The zero-order valence-electron chi connectivity index (χ0n) is 14.5. The van der Waals surface area contributed by atoms with Crippen molar-refractivity contribution in [1.29, 1.82) is 0 Å². The summed E-state index contributed by atoms with van der Waals surface area (Å²) in [5.74, 6) is -0.413. The molecule has 3 rings (SSSR count). The van der Waals surface area contributed by atoms with E-state index in [1.807, 2.05) is 11.4 Å². The van der Waals surface area contributed by atoms with Crippen molar-refractivity contribution in [2.75, 3.05) is 19.8 Å². The molecule has 0 atom stereocenters. The number of halogens is 1. The number of thiophene rings is 1. The van der Waals surface area contributed by atoms with Gasteiger partial charge in [0.05, 0.1) is 4.88 Å². The van der Waals surface area contributed by atoms with Gasteiger partial charge in [-0.2, -0.15) is 0 Å².